The Morgan fingerprint density at radius 1 is 0.696 bits per heavy atom. The zero-order valence-electron chi connectivity index (χ0n) is 14.9. The van der Waals surface area contributed by atoms with Gasteiger partial charge in [0.15, 0.2) is 0 Å². The Morgan fingerprint density at radius 3 is 1.13 bits per heavy atom. The third kappa shape index (κ3) is 5.71. The predicted molar refractivity (Wildman–Crippen MR) is 82.7 cm³/mol. The molecule has 0 saturated heterocycles. The molecular formula is C16H28O6Ti. The van der Waals surface area contributed by atoms with Crippen molar-refractivity contribution in [2.75, 3.05) is 13.2 Å². The zero-order valence-corrected chi connectivity index (χ0v) is 16.5. The molecule has 0 saturated carbocycles. The molecule has 0 fully saturated rings. The second-order valence-corrected chi connectivity index (χ2v) is 10.7. The normalized spacial score (nSPS) is 11.8. The molecule has 132 valence electrons. The van der Waals surface area contributed by atoms with Gasteiger partial charge in [0.2, 0.25) is 0 Å². The van der Waals surface area contributed by atoms with Gasteiger partial charge in [-0.05, 0) is 0 Å². The van der Waals surface area contributed by atoms with E-state index in [2.05, 4.69) is 0 Å². The molecular weight excluding hydrogens is 336 g/mol. The van der Waals surface area contributed by atoms with Gasteiger partial charge in [0.05, 0.1) is 0 Å². The molecule has 0 aliphatic carbocycles. The van der Waals surface area contributed by atoms with Gasteiger partial charge in [-0.2, -0.15) is 0 Å². The molecule has 0 aromatic carbocycles. The van der Waals surface area contributed by atoms with Crippen molar-refractivity contribution in [1.82, 2.24) is 0 Å². The number of carbonyl (C=O) groups excluding carboxylic acids is 4. The Kier molecular flexibility index (Phi) is 9.93. The fraction of sp³-hybridized carbons (Fsp3) is 0.750. The first-order valence-electron chi connectivity index (χ1n) is 7.95. The molecule has 0 aromatic heterocycles. The van der Waals surface area contributed by atoms with Gasteiger partial charge in [0.25, 0.3) is 0 Å². The van der Waals surface area contributed by atoms with Crippen molar-refractivity contribution in [2.45, 2.75) is 62.8 Å². The fourth-order valence-corrected chi connectivity index (χ4v) is 9.64. The molecule has 0 unspecified atom stereocenters. The summed E-state index contributed by atoms with van der Waals surface area (Å²) in [5.74, 6) is -1.62. The van der Waals surface area contributed by atoms with Crippen LogP contribution in [0.5, 0.6) is 0 Å². The summed E-state index contributed by atoms with van der Waals surface area (Å²) < 4.78 is 9.60. The quantitative estimate of drug-likeness (QED) is 0.391. The monoisotopic (exact) mass is 364 g/mol. The molecule has 0 heterocycles. The summed E-state index contributed by atoms with van der Waals surface area (Å²) in [6.45, 7) is 9.39. The van der Waals surface area contributed by atoms with Gasteiger partial charge in [0.1, 0.15) is 0 Å². The molecule has 0 atom stereocenters. The second-order valence-electron chi connectivity index (χ2n) is 5.73. The van der Waals surface area contributed by atoms with Crippen LogP contribution < -0.4 is 0 Å². The first kappa shape index (κ1) is 22.3. The summed E-state index contributed by atoms with van der Waals surface area (Å²) in [4.78, 5) is 48.6. The molecule has 0 spiro atoms. The van der Waals surface area contributed by atoms with Crippen LogP contribution >= 0.6 is 0 Å². The van der Waals surface area contributed by atoms with Crippen molar-refractivity contribution in [2.24, 2.45) is 0 Å². The van der Waals surface area contributed by atoms with E-state index in [1.165, 1.54) is 27.7 Å². The topological polar surface area (TPSA) is 86.7 Å². The molecule has 0 bridgehead atoms. The summed E-state index contributed by atoms with van der Waals surface area (Å²) in [7, 11) is 0. The van der Waals surface area contributed by atoms with Gasteiger partial charge in [-0.1, -0.05) is 0 Å². The van der Waals surface area contributed by atoms with E-state index in [4.69, 9.17) is 6.64 Å². The summed E-state index contributed by atoms with van der Waals surface area (Å²) in [6.07, 6.45) is 1.26. The molecule has 0 rings (SSSR count). The molecule has 23 heavy (non-hydrogen) atoms. The van der Waals surface area contributed by atoms with Crippen LogP contribution in [-0.2, 0) is 43.2 Å². The maximum absolute atomic E-state index is 12.2. The summed E-state index contributed by atoms with van der Waals surface area (Å²) >= 11 is -4.40. The fourth-order valence-electron chi connectivity index (χ4n) is 2.77. The molecule has 7 heteroatoms. The van der Waals surface area contributed by atoms with Crippen LogP contribution in [0.15, 0.2) is 0 Å². The molecule has 0 amide bonds. The van der Waals surface area contributed by atoms with Gasteiger partial charge in [0, 0.05) is 0 Å². The van der Waals surface area contributed by atoms with Crippen molar-refractivity contribution in [3.05, 3.63) is 0 Å². The molecule has 0 aliphatic heterocycles. The first-order valence-corrected chi connectivity index (χ1v) is 11.0. The number of Topliss-reactive ketones (excluding diaryl/α,β-unsaturated/α-hetero) is 4. The minimum absolute atomic E-state index is 0.248. The summed E-state index contributed by atoms with van der Waals surface area (Å²) in [5, 5.41) is 0. The average molecular weight is 364 g/mol. The van der Waals surface area contributed by atoms with E-state index in [1.807, 2.05) is 13.8 Å². The number of hydrogen-bond acceptors (Lipinski definition) is 6. The van der Waals surface area contributed by atoms with Crippen molar-refractivity contribution in [3.8, 4) is 0 Å². The third-order valence-electron chi connectivity index (χ3n) is 3.49. The van der Waals surface area contributed by atoms with E-state index in [-0.39, 0.29) is 13.2 Å². The second kappa shape index (κ2) is 10.2. The van der Waals surface area contributed by atoms with Crippen molar-refractivity contribution < 1.29 is 43.2 Å². The van der Waals surface area contributed by atoms with Crippen LogP contribution in [0.2, 0.25) is 8.45 Å². The molecule has 0 radical (unpaired) electrons. The van der Waals surface area contributed by atoms with Crippen LogP contribution in [-0.4, -0.2) is 36.3 Å². The van der Waals surface area contributed by atoms with Gasteiger partial charge in [-0.15, -0.1) is 0 Å². The Bertz CT molecular complexity index is 389. The van der Waals surface area contributed by atoms with Crippen molar-refractivity contribution in [3.63, 3.8) is 0 Å². The van der Waals surface area contributed by atoms with Crippen molar-refractivity contribution >= 4 is 23.1 Å². The first-order chi connectivity index (χ1) is 10.7. The van der Waals surface area contributed by atoms with E-state index in [0.717, 1.165) is 0 Å². The van der Waals surface area contributed by atoms with Crippen molar-refractivity contribution in [1.29, 1.82) is 0 Å². The predicted octanol–water partition coefficient (Wildman–Crippen LogP) is 2.76. The van der Waals surface area contributed by atoms with E-state index >= 15 is 0 Å². The summed E-state index contributed by atoms with van der Waals surface area (Å²) in [6, 6.07) is 0. The third-order valence-corrected chi connectivity index (χ3v) is 10.6. The van der Waals surface area contributed by atoms with Gasteiger partial charge in [-0.25, -0.2) is 0 Å². The van der Waals surface area contributed by atoms with Gasteiger partial charge >= 0.3 is 142 Å². The maximum atomic E-state index is 12.2. The van der Waals surface area contributed by atoms with Gasteiger partial charge < -0.3 is 0 Å². The van der Waals surface area contributed by atoms with Crippen LogP contribution in [0.25, 0.3) is 0 Å². The molecule has 0 aromatic rings. The number of rotatable bonds is 12. The van der Waals surface area contributed by atoms with E-state index in [9.17, 15) is 19.2 Å². The standard InChI is InChI=1S/2C5H7O2.2C3H7O.Ti/c2*1-4(6)3-5(2)7;2*1-2-3-4;/h2*3H,1-2H3;2*2-3H2,1H3;/q;;2*-1;+2. The molecule has 0 aliphatic rings. The Morgan fingerprint density at radius 2 is 0.957 bits per heavy atom. The summed E-state index contributed by atoms with van der Waals surface area (Å²) in [5.41, 5.74) is 0. The van der Waals surface area contributed by atoms with Crippen LogP contribution in [0.3, 0.4) is 0 Å². The Balaban J connectivity index is 6.31. The van der Waals surface area contributed by atoms with E-state index < -0.39 is 48.9 Å². The van der Waals surface area contributed by atoms with Crippen LogP contribution in [0, 0.1) is 0 Å². The Labute approximate surface area is 142 Å². The van der Waals surface area contributed by atoms with Crippen LogP contribution in [0.4, 0.5) is 0 Å². The number of carbonyl (C=O) groups is 4. The zero-order chi connectivity index (χ0) is 18.2. The van der Waals surface area contributed by atoms with E-state index in [0.29, 0.717) is 12.8 Å². The van der Waals surface area contributed by atoms with Crippen LogP contribution in [0.1, 0.15) is 54.4 Å². The molecule has 6 nitrogen and oxygen atoms in total. The number of hydrogen-bond donors (Lipinski definition) is 0. The SMILES string of the molecule is CCC[O][Ti]([O]CCC)([CH](C(C)=O)C(C)=O)[CH](C(C)=O)C(C)=O. The average Bonchev–Trinajstić information content (AvgIpc) is 2.40. The van der Waals surface area contributed by atoms with Gasteiger partial charge in [-0.3, -0.25) is 0 Å². The Hall–Kier alpha value is -0.686. The minimum atomic E-state index is -4.40. The molecule has 0 N–H and O–H groups in total. The number of ketones is 4. The van der Waals surface area contributed by atoms with E-state index in [1.54, 1.807) is 0 Å².